The average Bonchev–Trinajstić information content (AvgIpc) is 2.28. The first-order valence-corrected chi connectivity index (χ1v) is 7.23. The van der Waals surface area contributed by atoms with Gasteiger partial charge < -0.3 is 10.5 Å². The molecule has 0 radical (unpaired) electrons. The first-order valence-electron chi connectivity index (χ1n) is 5.38. The summed E-state index contributed by atoms with van der Waals surface area (Å²) in [5, 5.41) is 0. The van der Waals surface area contributed by atoms with Gasteiger partial charge in [0.05, 0.1) is 18.2 Å². The van der Waals surface area contributed by atoms with Crippen LogP contribution < -0.4 is 10.5 Å². The molecule has 1 rings (SSSR count). The molecule has 0 aromatic rings. The number of hydrogen-bond donors (Lipinski definition) is 2. The van der Waals surface area contributed by atoms with Gasteiger partial charge in [-0.3, -0.25) is 0 Å². The molecule has 0 spiro atoms. The van der Waals surface area contributed by atoms with Crippen molar-refractivity contribution in [1.82, 2.24) is 9.03 Å². The molecule has 100 valence electrons. The second-order valence-electron chi connectivity index (χ2n) is 4.59. The van der Waals surface area contributed by atoms with Crippen LogP contribution in [0.4, 0.5) is 0 Å². The molecule has 0 unspecified atom stereocenters. The standard InChI is InChI=1S/C9H19N3O3S2/c1-9(2,8(10)16)7-11-17(13,14)12-3-5-15-6-4-12/h11H,3-7H2,1-2H3,(H2,10,16). The van der Waals surface area contributed by atoms with Crippen molar-refractivity contribution in [2.75, 3.05) is 32.8 Å². The van der Waals surface area contributed by atoms with Crippen molar-refractivity contribution in [3.63, 3.8) is 0 Å². The quantitative estimate of drug-likeness (QED) is 0.662. The summed E-state index contributed by atoms with van der Waals surface area (Å²) in [5.41, 5.74) is 5.01. The molecule has 0 atom stereocenters. The zero-order valence-electron chi connectivity index (χ0n) is 10.1. The average molecular weight is 281 g/mol. The monoisotopic (exact) mass is 281 g/mol. The third-order valence-corrected chi connectivity index (χ3v) is 4.78. The number of ether oxygens (including phenoxy) is 1. The molecule has 6 nitrogen and oxygen atoms in total. The highest BCUT2D eigenvalue weighted by Crippen LogP contribution is 2.14. The first kappa shape index (κ1) is 14.8. The normalized spacial score (nSPS) is 19.2. The summed E-state index contributed by atoms with van der Waals surface area (Å²) in [6, 6.07) is 0. The van der Waals surface area contributed by atoms with Crippen LogP contribution in [0.2, 0.25) is 0 Å². The molecule has 1 aliphatic rings. The summed E-state index contributed by atoms with van der Waals surface area (Å²) in [7, 11) is -3.46. The molecule has 0 bridgehead atoms. The fourth-order valence-electron chi connectivity index (χ4n) is 1.24. The molecular weight excluding hydrogens is 262 g/mol. The third kappa shape index (κ3) is 4.14. The van der Waals surface area contributed by atoms with Gasteiger partial charge in [-0.05, 0) is 0 Å². The van der Waals surface area contributed by atoms with E-state index in [1.54, 1.807) is 13.8 Å². The summed E-state index contributed by atoms with van der Waals surface area (Å²) in [4.78, 5) is 0.294. The molecule has 17 heavy (non-hydrogen) atoms. The van der Waals surface area contributed by atoms with Crippen LogP contribution >= 0.6 is 12.2 Å². The summed E-state index contributed by atoms with van der Waals surface area (Å²) in [6.45, 7) is 5.42. The van der Waals surface area contributed by atoms with Gasteiger partial charge in [-0.1, -0.05) is 26.1 Å². The van der Waals surface area contributed by atoms with E-state index in [4.69, 9.17) is 22.7 Å². The van der Waals surface area contributed by atoms with E-state index in [0.29, 0.717) is 31.3 Å². The molecule has 1 heterocycles. The molecule has 0 amide bonds. The maximum atomic E-state index is 11.9. The Hall–Kier alpha value is -0.280. The van der Waals surface area contributed by atoms with Gasteiger partial charge >= 0.3 is 0 Å². The number of morpholine rings is 1. The molecule has 3 N–H and O–H groups in total. The lowest BCUT2D eigenvalue weighted by Gasteiger charge is -2.29. The van der Waals surface area contributed by atoms with Crippen LogP contribution in [0.3, 0.4) is 0 Å². The molecule has 8 heteroatoms. The van der Waals surface area contributed by atoms with E-state index in [-0.39, 0.29) is 6.54 Å². The number of nitrogens with zero attached hydrogens (tertiary/aromatic N) is 1. The van der Waals surface area contributed by atoms with Crippen LogP contribution in [0.5, 0.6) is 0 Å². The maximum absolute atomic E-state index is 11.9. The number of nitrogens with two attached hydrogens (primary N) is 1. The molecule has 0 saturated carbocycles. The molecule has 1 fully saturated rings. The Bertz CT molecular complexity index is 375. The Morgan fingerprint density at radius 3 is 2.47 bits per heavy atom. The lowest BCUT2D eigenvalue weighted by Crippen LogP contribution is -2.50. The summed E-state index contributed by atoms with van der Waals surface area (Å²) < 4.78 is 32.9. The predicted octanol–water partition coefficient (Wildman–Crippen LogP) is -0.535. The number of hydrogen-bond acceptors (Lipinski definition) is 4. The second-order valence-corrected chi connectivity index (χ2v) is 6.78. The van der Waals surface area contributed by atoms with Crippen molar-refractivity contribution >= 4 is 27.4 Å². The van der Waals surface area contributed by atoms with Crippen LogP contribution in [0.25, 0.3) is 0 Å². The van der Waals surface area contributed by atoms with Crippen molar-refractivity contribution in [3.8, 4) is 0 Å². The van der Waals surface area contributed by atoms with Gasteiger partial charge in [0.25, 0.3) is 10.2 Å². The molecule has 0 aromatic carbocycles. The fourth-order valence-corrected chi connectivity index (χ4v) is 2.66. The molecule has 0 aromatic heterocycles. The van der Waals surface area contributed by atoms with Crippen LogP contribution in [0.15, 0.2) is 0 Å². The van der Waals surface area contributed by atoms with E-state index >= 15 is 0 Å². The number of rotatable bonds is 5. The number of nitrogens with one attached hydrogen (secondary N) is 1. The van der Waals surface area contributed by atoms with Crippen molar-refractivity contribution in [2.45, 2.75) is 13.8 Å². The highest BCUT2D eigenvalue weighted by atomic mass is 32.2. The molecule has 0 aliphatic carbocycles. The Balaban J connectivity index is 2.58. The zero-order valence-corrected chi connectivity index (χ0v) is 11.7. The van der Waals surface area contributed by atoms with Crippen LogP contribution in [0, 0.1) is 5.41 Å². The maximum Gasteiger partial charge on any atom is 0.279 e. The Labute approximate surface area is 108 Å². The Kier molecular flexibility index (Phi) is 4.85. The topological polar surface area (TPSA) is 84.7 Å². The van der Waals surface area contributed by atoms with Crippen molar-refractivity contribution < 1.29 is 13.2 Å². The van der Waals surface area contributed by atoms with Gasteiger partial charge in [0, 0.05) is 25.0 Å². The van der Waals surface area contributed by atoms with Crippen LogP contribution in [-0.4, -0.2) is 50.6 Å². The fraction of sp³-hybridized carbons (Fsp3) is 0.889. The number of thiocarbonyl (C=S) groups is 1. The Morgan fingerprint density at radius 2 is 2.00 bits per heavy atom. The van der Waals surface area contributed by atoms with Crippen LogP contribution in [0.1, 0.15) is 13.8 Å². The van der Waals surface area contributed by atoms with E-state index in [1.807, 2.05) is 0 Å². The Morgan fingerprint density at radius 1 is 1.47 bits per heavy atom. The lowest BCUT2D eigenvalue weighted by atomic mass is 9.94. The van der Waals surface area contributed by atoms with Crippen LogP contribution in [-0.2, 0) is 14.9 Å². The minimum Gasteiger partial charge on any atom is -0.393 e. The summed E-state index contributed by atoms with van der Waals surface area (Å²) in [5.74, 6) is 0. The van der Waals surface area contributed by atoms with Gasteiger partial charge in [-0.15, -0.1) is 0 Å². The second kappa shape index (κ2) is 5.57. The van der Waals surface area contributed by atoms with Crippen molar-refractivity contribution in [2.24, 2.45) is 11.1 Å². The third-order valence-electron chi connectivity index (χ3n) is 2.67. The summed E-state index contributed by atoms with van der Waals surface area (Å²) >= 11 is 4.89. The van der Waals surface area contributed by atoms with Crippen molar-refractivity contribution in [3.05, 3.63) is 0 Å². The van der Waals surface area contributed by atoms with Gasteiger partial charge in [-0.2, -0.15) is 12.7 Å². The highest BCUT2D eigenvalue weighted by Gasteiger charge is 2.28. The van der Waals surface area contributed by atoms with Gasteiger partial charge in [-0.25, -0.2) is 4.72 Å². The minimum absolute atomic E-state index is 0.196. The largest absolute Gasteiger partial charge is 0.393 e. The van der Waals surface area contributed by atoms with E-state index in [2.05, 4.69) is 4.72 Å². The summed E-state index contributed by atoms with van der Waals surface area (Å²) in [6.07, 6.45) is 0. The van der Waals surface area contributed by atoms with E-state index < -0.39 is 15.6 Å². The zero-order chi connectivity index (χ0) is 13.1. The lowest BCUT2D eigenvalue weighted by molar-refractivity contribution is 0.0724. The molecule has 1 aliphatic heterocycles. The smallest absolute Gasteiger partial charge is 0.279 e. The highest BCUT2D eigenvalue weighted by molar-refractivity contribution is 7.87. The first-order chi connectivity index (χ1) is 7.76. The molecular formula is C9H19N3O3S2. The van der Waals surface area contributed by atoms with Gasteiger partial charge in [0.15, 0.2) is 0 Å². The van der Waals surface area contributed by atoms with E-state index in [9.17, 15) is 8.42 Å². The minimum atomic E-state index is -3.46. The van der Waals surface area contributed by atoms with E-state index in [1.165, 1.54) is 4.31 Å². The van der Waals surface area contributed by atoms with Crippen molar-refractivity contribution in [1.29, 1.82) is 0 Å². The predicted molar refractivity (Wildman–Crippen MR) is 69.9 cm³/mol. The van der Waals surface area contributed by atoms with Gasteiger partial charge in [0.2, 0.25) is 0 Å². The van der Waals surface area contributed by atoms with E-state index in [0.717, 1.165) is 0 Å². The molecule has 1 saturated heterocycles. The SMILES string of the molecule is CC(C)(CNS(=O)(=O)N1CCOCC1)C(N)=S. The van der Waals surface area contributed by atoms with Gasteiger partial charge in [0.1, 0.15) is 0 Å².